The fourth-order valence-electron chi connectivity index (χ4n) is 2.43. The summed E-state index contributed by atoms with van der Waals surface area (Å²) >= 11 is 0. The maximum Gasteiger partial charge on any atom is 0.248 e. The van der Waals surface area contributed by atoms with Gasteiger partial charge in [0.15, 0.2) is 11.5 Å². The van der Waals surface area contributed by atoms with Crippen LogP contribution < -0.4 is 19.5 Å². The van der Waals surface area contributed by atoms with Crippen LogP contribution in [0, 0.1) is 0 Å². The van der Waals surface area contributed by atoms with Crippen molar-refractivity contribution < 1.29 is 19.0 Å². The highest BCUT2D eigenvalue weighted by atomic mass is 16.6. The first-order chi connectivity index (χ1) is 12.3. The summed E-state index contributed by atoms with van der Waals surface area (Å²) in [5, 5.41) is 2.82. The van der Waals surface area contributed by atoms with E-state index in [0.717, 1.165) is 17.7 Å². The van der Waals surface area contributed by atoms with E-state index in [1.54, 1.807) is 24.3 Å². The second-order valence-electron chi connectivity index (χ2n) is 5.57. The molecule has 0 saturated heterocycles. The summed E-state index contributed by atoms with van der Waals surface area (Å²) < 4.78 is 16.7. The highest BCUT2D eigenvalue weighted by molar-refractivity contribution is 6.02. The molecule has 0 saturated carbocycles. The van der Waals surface area contributed by atoms with Crippen LogP contribution in [-0.2, 0) is 4.79 Å². The van der Waals surface area contributed by atoms with E-state index in [9.17, 15) is 4.79 Å². The molecule has 0 aliphatic carbocycles. The molecule has 0 atom stereocenters. The first-order valence-electron chi connectivity index (χ1n) is 8.37. The molecule has 1 N–H and O–H groups in total. The average Bonchev–Trinajstić information content (AvgIpc) is 2.65. The summed E-state index contributed by atoms with van der Waals surface area (Å²) in [7, 11) is 0. The van der Waals surface area contributed by atoms with Gasteiger partial charge in [-0.1, -0.05) is 25.1 Å². The molecule has 2 aromatic carbocycles. The van der Waals surface area contributed by atoms with Crippen LogP contribution in [0.5, 0.6) is 17.2 Å². The summed E-state index contributed by atoms with van der Waals surface area (Å²) in [6, 6.07) is 13.0. The Morgan fingerprint density at radius 1 is 1.16 bits per heavy atom. The quantitative estimate of drug-likeness (QED) is 0.811. The zero-order chi connectivity index (χ0) is 17.5. The van der Waals surface area contributed by atoms with Crippen molar-refractivity contribution in [3.63, 3.8) is 0 Å². The summed E-state index contributed by atoms with van der Waals surface area (Å²) in [5.74, 6) is 1.89. The first kappa shape index (κ1) is 16.9. The number of hydrogen-bond acceptors (Lipinski definition) is 4. The lowest BCUT2D eigenvalue weighted by Crippen LogP contribution is -2.16. The van der Waals surface area contributed by atoms with E-state index in [1.165, 1.54) is 6.08 Å². The third kappa shape index (κ3) is 4.53. The molecule has 0 radical (unpaired) electrons. The summed E-state index contributed by atoms with van der Waals surface area (Å²) in [4.78, 5) is 12.2. The predicted octanol–water partition coefficient (Wildman–Crippen LogP) is 3.90. The van der Waals surface area contributed by atoms with Gasteiger partial charge in [-0.25, -0.2) is 0 Å². The van der Waals surface area contributed by atoms with Crippen LogP contribution in [0.4, 0.5) is 5.69 Å². The van der Waals surface area contributed by atoms with Crippen LogP contribution in [0.1, 0.15) is 18.9 Å². The molecule has 0 aromatic heterocycles. The van der Waals surface area contributed by atoms with Crippen molar-refractivity contribution in [2.45, 2.75) is 13.3 Å². The van der Waals surface area contributed by atoms with Gasteiger partial charge < -0.3 is 19.5 Å². The van der Waals surface area contributed by atoms with Crippen LogP contribution >= 0.6 is 0 Å². The van der Waals surface area contributed by atoms with E-state index in [1.807, 2.05) is 24.3 Å². The molecule has 1 heterocycles. The molecule has 0 bridgehead atoms. The number of nitrogens with one attached hydrogen (secondary N) is 1. The zero-order valence-corrected chi connectivity index (χ0v) is 14.2. The summed E-state index contributed by atoms with van der Waals surface area (Å²) in [6.07, 6.45) is 4.17. The highest BCUT2D eigenvalue weighted by Crippen LogP contribution is 2.32. The van der Waals surface area contributed by atoms with Gasteiger partial charge in [0.05, 0.1) is 6.61 Å². The van der Waals surface area contributed by atoms with E-state index in [2.05, 4.69) is 12.2 Å². The number of benzene rings is 2. The largest absolute Gasteiger partial charge is 0.493 e. The molecular weight excluding hydrogens is 318 g/mol. The van der Waals surface area contributed by atoms with Gasteiger partial charge in [-0.3, -0.25) is 4.79 Å². The lowest BCUT2D eigenvalue weighted by atomic mass is 10.2. The molecule has 0 spiro atoms. The highest BCUT2D eigenvalue weighted by Gasteiger charge is 2.12. The van der Waals surface area contributed by atoms with Gasteiger partial charge in [0, 0.05) is 23.4 Å². The third-order valence-corrected chi connectivity index (χ3v) is 3.60. The molecule has 5 nitrogen and oxygen atoms in total. The molecule has 25 heavy (non-hydrogen) atoms. The molecule has 5 heteroatoms. The summed E-state index contributed by atoms with van der Waals surface area (Å²) in [5.41, 5.74) is 1.53. The smallest absolute Gasteiger partial charge is 0.248 e. The van der Waals surface area contributed by atoms with Gasteiger partial charge >= 0.3 is 0 Å². The lowest BCUT2D eigenvalue weighted by Gasteiger charge is -2.18. The fourth-order valence-corrected chi connectivity index (χ4v) is 2.43. The number of anilines is 1. The second kappa shape index (κ2) is 8.24. The van der Waals surface area contributed by atoms with Gasteiger partial charge in [0.25, 0.3) is 0 Å². The predicted molar refractivity (Wildman–Crippen MR) is 97.3 cm³/mol. The first-order valence-corrected chi connectivity index (χ1v) is 8.37. The van der Waals surface area contributed by atoms with Crippen molar-refractivity contribution in [2.75, 3.05) is 25.1 Å². The molecule has 1 amide bonds. The van der Waals surface area contributed by atoms with Gasteiger partial charge in [-0.05, 0) is 30.7 Å². The topological polar surface area (TPSA) is 56.8 Å². The van der Waals surface area contributed by atoms with Crippen LogP contribution in [0.2, 0.25) is 0 Å². The van der Waals surface area contributed by atoms with Crippen molar-refractivity contribution in [2.24, 2.45) is 0 Å². The minimum Gasteiger partial charge on any atom is -0.493 e. The van der Waals surface area contributed by atoms with Crippen molar-refractivity contribution >= 4 is 17.7 Å². The Labute approximate surface area is 147 Å². The Bertz CT molecular complexity index is 770. The molecular formula is C20H21NO4. The maximum absolute atomic E-state index is 12.2. The fraction of sp³-hybridized carbons (Fsp3) is 0.250. The van der Waals surface area contributed by atoms with Crippen LogP contribution in [0.25, 0.3) is 6.08 Å². The Morgan fingerprint density at radius 2 is 1.96 bits per heavy atom. The van der Waals surface area contributed by atoms with E-state index in [0.29, 0.717) is 37.0 Å². The third-order valence-electron chi connectivity index (χ3n) is 3.60. The maximum atomic E-state index is 12.2. The molecule has 3 rings (SSSR count). The zero-order valence-electron chi connectivity index (χ0n) is 14.2. The molecule has 1 aliphatic heterocycles. The minimum atomic E-state index is -0.220. The minimum absolute atomic E-state index is 0.220. The monoisotopic (exact) mass is 339 g/mol. The number of para-hydroxylation sites is 1. The van der Waals surface area contributed by atoms with Crippen molar-refractivity contribution in [3.05, 3.63) is 54.1 Å². The van der Waals surface area contributed by atoms with Gasteiger partial charge in [0.1, 0.15) is 19.0 Å². The van der Waals surface area contributed by atoms with Gasteiger partial charge in [-0.2, -0.15) is 0 Å². The van der Waals surface area contributed by atoms with Crippen LogP contribution in [-0.4, -0.2) is 25.7 Å². The second-order valence-corrected chi connectivity index (χ2v) is 5.57. The number of rotatable bonds is 6. The Morgan fingerprint density at radius 3 is 2.80 bits per heavy atom. The van der Waals surface area contributed by atoms with E-state index < -0.39 is 0 Å². The normalized spacial score (nSPS) is 12.8. The number of carbonyl (C=O) groups excluding carboxylic acids is 1. The number of ether oxygens (including phenoxy) is 3. The number of carbonyl (C=O) groups is 1. The van der Waals surface area contributed by atoms with Crippen LogP contribution in [0.3, 0.4) is 0 Å². The van der Waals surface area contributed by atoms with Gasteiger partial charge in [-0.15, -0.1) is 0 Å². The molecule has 1 aliphatic rings. The van der Waals surface area contributed by atoms with Crippen molar-refractivity contribution in [1.82, 2.24) is 0 Å². The molecule has 0 unspecified atom stereocenters. The molecule has 2 aromatic rings. The Balaban J connectivity index is 1.65. The molecule has 130 valence electrons. The van der Waals surface area contributed by atoms with Crippen molar-refractivity contribution in [3.8, 4) is 17.2 Å². The van der Waals surface area contributed by atoms with Crippen molar-refractivity contribution in [1.29, 1.82) is 0 Å². The van der Waals surface area contributed by atoms with E-state index >= 15 is 0 Å². The average molecular weight is 339 g/mol. The number of hydrogen-bond donors (Lipinski definition) is 1. The Kier molecular flexibility index (Phi) is 5.57. The number of amides is 1. The lowest BCUT2D eigenvalue weighted by molar-refractivity contribution is -0.111. The van der Waals surface area contributed by atoms with Crippen LogP contribution in [0.15, 0.2) is 48.5 Å². The number of fused-ring (bicyclic) bond motifs is 1. The summed E-state index contributed by atoms with van der Waals surface area (Å²) in [6.45, 7) is 3.76. The molecule has 0 fully saturated rings. The van der Waals surface area contributed by atoms with E-state index in [-0.39, 0.29) is 5.91 Å². The SMILES string of the molecule is CCCOc1ccccc1C=CC(=O)Nc1ccc2c(c1)OCCO2. The standard InChI is InChI=1S/C20H21NO4/c1-2-11-23-17-6-4-3-5-15(17)7-10-20(22)21-16-8-9-18-19(14-16)25-13-12-24-18/h3-10,14H,2,11-13H2,1H3,(H,21,22). The van der Waals surface area contributed by atoms with Gasteiger partial charge in [0.2, 0.25) is 5.91 Å². The Hall–Kier alpha value is -2.95. The van der Waals surface area contributed by atoms with E-state index in [4.69, 9.17) is 14.2 Å².